The number of benzene rings is 1. The number of methoxy groups -OCH3 is 1. The Kier molecular flexibility index (Phi) is 7.17. The van der Waals surface area contributed by atoms with Crippen LogP contribution in [-0.2, 0) is 28.9 Å². The predicted molar refractivity (Wildman–Crippen MR) is 100 cm³/mol. The van der Waals surface area contributed by atoms with E-state index in [9.17, 15) is 22.8 Å². The highest BCUT2D eigenvalue weighted by Crippen LogP contribution is 2.36. The molecule has 1 aromatic rings. The largest absolute Gasteiger partial charge is 0.466 e. The lowest BCUT2D eigenvalue weighted by Crippen LogP contribution is -2.43. The average molecular weight is 411 g/mol. The number of sulfone groups is 1. The van der Waals surface area contributed by atoms with Gasteiger partial charge in [-0.3, -0.25) is 9.59 Å². The van der Waals surface area contributed by atoms with Crippen molar-refractivity contribution in [2.45, 2.75) is 37.1 Å². The maximum atomic E-state index is 12.5. The summed E-state index contributed by atoms with van der Waals surface area (Å²) in [4.78, 5) is 37.9. The molecule has 0 bridgehead atoms. The third-order valence-corrected chi connectivity index (χ3v) is 5.91. The molecule has 0 saturated carbocycles. The molecule has 1 fully saturated rings. The minimum Gasteiger partial charge on any atom is -0.466 e. The number of esters is 1. The van der Waals surface area contributed by atoms with E-state index in [0.29, 0.717) is 24.9 Å². The Hall–Kier alpha value is -2.42. The van der Waals surface area contributed by atoms with Gasteiger partial charge in [0, 0.05) is 18.7 Å². The zero-order valence-corrected chi connectivity index (χ0v) is 17.0. The van der Waals surface area contributed by atoms with Crippen molar-refractivity contribution in [2.24, 2.45) is 5.92 Å². The van der Waals surface area contributed by atoms with Crippen molar-refractivity contribution in [1.29, 1.82) is 0 Å². The zero-order valence-electron chi connectivity index (χ0n) is 16.2. The first-order valence-corrected chi connectivity index (χ1v) is 10.9. The Bertz CT molecular complexity index is 832. The number of hydrogen-bond acceptors (Lipinski definition) is 7. The van der Waals surface area contributed by atoms with Crippen LogP contribution in [0.4, 0.5) is 4.79 Å². The standard InChI is InChI=1S/C19H25NO7S/c1-4-27-18(22)12-17(21)14-9-10-20(19(23)26-2)16(11-14)13-5-7-15(8-6-13)28(3,24)25/h5-8,14,16H,4,9-12H2,1-3H3/t14-,16+/m0/s1. The summed E-state index contributed by atoms with van der Waals surface area (Å²) in [5.74, 6) is -1.18. The molecule has 1 aliphatic heterocycles. The summed E-state index contributed by atoms with van der Waals surface area (Å²) in [6.45, 7) is 2.18. The van der Waals surface area contributed by atoms with Crippen LogP contribution in [0.15, 0.2) is 29.2 Å². The molecule has 1 saturated heterocycles. The van der Waals surface area contributed by atoms with Gasteiger partial charge in [0.25, 0.3) is 0 Å². The van der Waals surface area contributed by atoms with Gasteiger partial charge in [-0.05, 0) is 37.5 Å². The first-order chi connectivity index (χ1) is 13.2. The maximum Gasteiger partial charge on any atom is 0.409 e. The number of carbonyl (C=O) groups excluding carboxylic acids is 3. The lowest BCUT2D eigenvalue weighted by atomic mass is 9.84. The van der Waals surface area contributed by atoms with Crippen LogP contribution in [0.2, 0.25) is 0 Å². The van der Waals surface area contributed by atoms with Crippen LogP contribution in [0.1, 0.15) is 37.8 Å². The van der Waals surface area contributed by atoms with E-state index in [2.05, 4.69) is 0 Å². The monoisotopic (exact) mass is 411 g/mol. The van der Waals surface area contributed by atoms with Crippen LogP contribution < -0.4 is 0 Å². The quantitative estimate of drug-likeness (QED) is 0.521. The molecule has 1 heterocycles. The molecule has 9 heteroatoms. The molecule has 154 valence electrons. The number of rotatable bonds is 6. The molecule has 28 heavy (non-hydrogen) atoms. The lowest BCUT2D eigenvalue weighted by molar-refractivity contribution is -0.146. The topological polar surface area (TPSA) is 107 Å². The highest BCUT2D eigenvalue weighted by Gasteiger charge is 2.36. The Labute approximate surface area is 164 Å². The van der Waals surface area contributed by atoms with Crippen molar-refractivity contribution in [3.8, 4) is 0 Å². The summed E-state index contributed by atoms with van der Waals surface area (Å²) in [5, 5.41) is 0. The van der Waals surface area contributed by atoms with Gasteiger partial charge < -0.3 is 14.4 Å². The minimum atomic E-state index is -3.34. The normalized spacial score (nSPS) is 19.8. The average Bonchev–Trinajstić information content (AvgIpc) is 2.66. The van der Waals surface area contributed by atoms with E-state index >= 15 is 0 Å². The number of likely N-dealkylation sites (tertiary alicyclic amines) is 1. The molecule has 2 rings (SSSR count). The summed E-state index contributed by atoms with van der Waals surface area (Å²) >= 11 is 0. The molecule has 2 atom stereocenters. The molecule has 0 unspecified atom stereocenters. The highest BCUT2D eigenvalue weighted by molar-refractivity contribution is 7.90. The van der Waals surface area contributed by atoms with Gasteiger partial charge in [0.05, 0.1) is 24.7 Å². The van der Waals surface area contributed by atoms with Gasteiger partial charge >= 0.3 is 12.1 Å². The van der Waals surface area contributed by atoms with Crippen molar-refractivity contribution < 1.29 is 32.3 Å². The van der Waals surface area contributed by atoms with Crippen LogP contribution in [-0.4, -0.2) is 57.7 Å². The van der Waals surface area contributed by atoms with Crippen molar-refractivity contribution in [3.63, 3.8) is 0 Å². The molecule has 1 aliphatic rings. The van der Waals surface area contributed by atoms with Crippen LogP contribution >= 0.6 is 0 Å². The van der Waals surface area contributed by atoms with Crippen LogP contribution in [0.25, 0.3) is 0 Å². The second-order valence-corrected chi connectivity index (χ2v) is 8.71. The second-order valence-electron chi connectivity index (χ2n) is 6.69. The number of hydrogen-bond donors (Lipinski definition) is 0. The lowest BCUT2D eigenvalue weighted by Gasteiger charge is -2.38. The van der Waals surface area contributed by atoms with E-state index in [1.165, 1.54) is 24.1 Å². The number of ether oxygens (including phenoxy) is 2. The SMILES string of the molecule is CCOC(=O)CC(=O)[C@H]1CCN(C(=O)OC)[C@@H](c2ccc(S(C)(=O)=O)cc2)C1. The van der Waals surface area contributed by atoms with Gasteiger partial charge in [-0.2, -0.15) is 0 Å². The van der Waals surface area contributed by atoms with E-state index in [4.69, 9.17) is 9.47 Å². The Morgan fingerprint density at radius 2 is 1.82 bits per heavy atom. The molecule has 0 aromatic heterocycles. The zero-order chi connectivity index (χ0) is 20.9. The summed E-state index contributed by atoms with van der Waals surface area (Å²) < 4.78 is 33.0. The van der Waals surface area contributed by atoms with Gasteiger partial charge in [-0.1, -0.05) is 12.1 Å². The number of ketones is 1. The molecular formula is C19H25NO7S. The Morgan fingerprint density at radius 3 is 2.36 bits per heavy atom. The maximum absolute atomic E-state index is 12.5. The molecular weight excluding hydrogens is 386 g/mol. The van der Waals surface area contributed by atoms with E-state index < -0.39 is 33.9 Å². The smallest absolute Gasteiger partial charge is 0.409 e. The molecule has 0 spiro atoms. The number of nitrogens with zero attached hydrogens (tertiary/aromatic N) is 1. The fraction of sp³-hybridized carbons (Fsp3) is 0.526. The van der Waals surface area contributed by atoms with Crippen molar-refractivity contribution >= 4 is 27.7 Å². The van der Waals surface area contributed by atoms with Gasteiger partial charge in [0.1, 0.15) is 12.2 Å². The molecule has 1 aromatic carbocycles. The number of amides is 1. The van der Waals surface area contributed by atoms with Crippen LogP contribution in [0.3, 0.4) is 0 Å². The number of piperidine rings is 1. The first-order valence-electron chi connectivity index (χ1n) is 9.00. The third-order valence-electron chi connectivity index (χ3n) is 4.78. The Balaban J connectivity index is 2.24. The van der Waals surface area contributed by atoms with Gasteiger partial charge in [0.15, 0.2) is 9.84 Å². The van der Waals surface area contributed by atoms with Gasteiger partial charge in [0.2, 0.25) is 0 Å². The molecule has 1 amide bonds. The second kappa shape index (κ2) is 9.18. The third kappa shape index (κ3) is 5.31. The Morgan fingerprint density at radius 1 is 1.18 bits per heavy atom. The molecule has 8 nitrogen and oxygen atoms in total. The highest BCUT2D eigenvalue weighted by atomic mass is 32.2. The van der Waals surface area contributed by atoms with Gasteiger partial charge in [-0.15, -0.1) is 0 Å². The minimum absolute atomic E-state index is 0.173. The van der Waals surface area contributed by atoms with E-state index in [-0.39, 0.29) is 23.7 Å². The van der Waals surface area contributed by atoms with E-state index in [0.717, 1.165) is 6.26 Å². The summed E-state index contributed by atoms with van der Waals surface area (Å²) in [7, 11) is -2.06. The van der Waals surface area contributed by atoms with Gasteiger partial charge in [-0.25, -0.2) is 13.2 Å². The fourth-order valence-corrected chi connectivity index (χ4v) is 3.98. The first kappa shape index (κ1) is 21.9. The number of Topliss-reactive ketones (excluding diaryl/α,β-unsaturated/α-hetero) is 1. The molecule has 0 radical (unpaired) electrons. The predicted octanol–water partition coefficient (Wildman–Crippen LogP) is 2.13. The van der Waals surface area contributed by atoms with Crippen LogP contribution in [0, 0.1) is 5.92 Å². The van der Waals surface area contributed by atoms with Crippen molar-refractivity contribution in [3.05, 3.63) is 29.8 Å². The number of carbonyl (C=O) groups is 3. The summed E-state index contributed by atoms with van der Waals surface area (Å²) in [6, 6.07) is 5.77. The van der Waals surface area contributed by atoms with Crippen molar-refractivity contribution in [1.82, 2.24) is 4.90 Å². The summed E-state index contributed by atoms with van der Waals surface area (Å²) in [5.41, 5.74) is 0.700. The van der Waals surface area contributed by atoms with E-state index in [1.54, 1.807) is 19.1 Å². The van der Waals surface area contributed by atoms with E-state index in [1.807, 2.05) is 0 Å². The molecule has 0 N–H and O–H groups in total. The fourth-order valence-electron chi connectivity index (χ4n) is 3.35. The summed E-state index contributed by atoms with van der Waals surface area (Å²) in [6.07, 6.45) is 1.05. The molecule has 0 aliphatic carbocycles. The van der Waals surface area contributed by atoms with Crippen LogP contribution in [0.5, 0.6) is 0 Å². The van der Waals surface area contributed by atoms with Crippen molar-refractivity contribution in [2.75, 3.05) is 26.5 Å².